The molecule has 106 valence electrons. The van der Waals surface area contributed by atoms with Crippen LogP contribution in [0.1, 0.15) is 25.5 Å². The van der Waals surface area contributed by atoms with E-state index in [0.717, 1.165) is 34.1 Å². The molecule has 0 aliphatic rings. The zero-order valence-electron chi connectivity index (χ0n) is 11.4. The normalized spacial score (nSPS) is 10.5. The molecule has 2 aromatic rings. The number of hydrogen-bond donors (Lipinski definition) is 1. The summed E-state index contributed by atoms with van der Waals surface area (Å²) in [6.07, 6.45) is 2.23. The molecule has 5 heteroatoms. The van der Waals surface area contributed by atoms with E-state index in [1.54, 1.807) is 11.3 Å². The van der Waals surface area contributed by atoms with Crippen molar-refractivity contribution in [3.8, 4) is 10.6 Å². The Labute approximate surface area is 128 Å². The van der Waals surface area contributed by atoms with Crippen LogP contribution in [0.3, 0.4) is 0 Å². The van der Waals surface area contributed by atoms with Crippen LogP contribution in [-0.4, -0.2) is 17.4 Å². The lowest BCUT2D eigenvalue weighted by Gasteiger charge is -2.02. The van der Waals surface area contributed by atoms with Crippen LogP contribution in [0, 0.1) is 0 Å². The lowest BCUT2D eigenvalue weighted by Crippen LogP contribution is -2.25. The third-order valence-electron chi connectivity index (χ3n) is 2.82. The number of aromatic nitrogens is 1. The number of hydrogen-bond acceptors (Lipinski definition) is 3. The van der Waals surface area contributed by atoms with Crippen LogP contribution in [0.5, 0.6) is 0 Å². The number of halogens is 1. The van der Waals surface area contributed by atoms with Crippen LogP contribution >= 0.6 is 22.9 Å². The van der Waals surface area contributed by atoms with Gasteiger partial charge in [-0.15, -0.1) is 11.3 Å². The predicted molar refractivity (Wildman–Crippen MR) is 84.2 cm³/mol. The van der Waals surface area contributed by atoms with E-state index in [9.17, 15) is 4.79 Å². The summed E-state index contributed by atoms with van der Waals surface area (Å²) in [6, 6.07) is 7.66. The summed E-state index contributed by atoms with van der Waals surface area (Å²) < 4.78 is 0. The molecule has 20 heavy (non-hydrogen) atoms. The van der Waals surface area contributed by atoms with Crippen molar-refractivity contribution in [3.05, 3.63) is 40.4 Å². The largest absolute Gasteiger partial charge is 0.356 e. The summed E-state index contributed by atoms with van der Waals surface area (Å²) >= 11 is 7.48. The maximum absolute atomic E-state index is 11.4. The van der Waals surface area contributed by atoms with Gasteiger partial charge in [0.15, 0.2) is 0 Å². The molecule has 0 radical (unpaired) electrons. The van der Waals surface area contributed by atoms with Gasteiger partial charge < -0.3 is 5.32 Å². The number of carbonyl (C=O) groups is 1. The first-order chi connectivity index (χ1) is 9.69. The maximum Gasteiger partial charge on any atom is 0.219 e. The lowest BCUT2D eigenvalue weighted by atomic mass is 10.2. The number of benzene rings is 1. The Morgan fingerprint density at radius 1 is 1.35 bits per heavy atom. The number of amides is 1. The molecule has 0 fully saturated rings. The second-order valence-electron chi connectivity index (χ2n) is 4.50. The molecule has 1 heterocycles. The van der Waals surface area contributed by atoms with Crippen LogP contribution in [0.4, 0.5) is 0 Å². The topological polar surface area (TPSA) is 42.0 Å². The lowest BCUT2D eigenvalue weighted by molar-refractivity contribution is -0.121. The molecule has 0 bridgehead atoms. The smallest absolute Gasteiger partial charge is 0.219 e. The fraction of sp³-hybridized carbons (Fsp3) is 0.333. The van der Waals surface area contributed by atoms with Crippen molar-refractivity contribution in [2.24, 2.45) is 0 Å². The van der Waals surface area contributed by atoms with E-state index in [1.807, 2.05) is 36.6 Å². The number of rotatable bonds is 6. The van der Waals surface area contributed by atoms with E-state index >= 15 is 0 Å². The highest BCUT2D eigenvalue weighted by Gasteiger charge is 2.05. The minimum Gasteiger partial charge on any atom is -0.356 e. The summed E-state index contributed by atoms with van der Waals surface area (Å²) in [5.41, 5.74) is 2.08. The van der Waals surface area contributed by atoms with Crippen molar-refractivity contribution in [3.63, 3.8) is 0 Å². The first-order valence-corrected chi connectivity index (χ1v) is 7.92. The predicted octanol–water partition coefficient (Wildman–Crippen LogP) is 3.92. The summed E-state index contributed by atoms with van der Waals surface area (Å²) in [7, 11) is 0. The molecule has 1 aromatic heterocycles. The van der Waals surface area contributed by atoms with E-state index in [4.69, 9.17) is 11.6 Å². The molecule has 0 spiro atoms. The van der Waals surface area contributed by atoms with Crippen molar-refractivity contribution >= 4 is 28.8 Å². The second kappa shape index (κ2) is 7.41. The SMILES string of the molecule is CCCC(=O)NCCc1csc(-c2ccc(Cl)cc2)n1. The summed E-state index contributed by atoms with van der Waals surface area (Å²) in [5, 5.41) is 6.64. The molecular formula is C15H17ClN2OS. The maximum atomic E-state index is 11.4. The molecule has 0 saturated heterocycles. The molecule has 0 aliphatic carbocycles. The third kappa shape index (κ3) is 4.32. The van der Waals surface area contributed by atoms with Gasteiger partial charge in [-0.05, 0) is 18.6 Å². The van der Waals surface area contributed by atoms with Gasteiger partial charge in [-0.25, -0.2) is 4.98 Å². The quantitative estimate of drug-likeness (QED) is 0.878. The molecule has 0 atom stereocenters. The highest BCUT2D eigenvalue weighted by Crippen LogP contribution is 2.25. The van der Waals surface area contributed by atoms with E-state index < -0.39 is 0 Å². The second-order valence-corrected chi connectivity index (χ2v) is 5.80. The van der Waals surface area contributed by atoms with Gasteiger partial charge in [0.05, 0.1) is 5.69 Å². The van der Waals surface area contributed by atoms with Crippen molar-refractivity contribution in [2.45, 2.75) is 26.2 Å². The summed E-state index contributed by atoms with van der Waals surface area (Å²) in [5.74, 6) is 0.112. The summed E-state index contributed by atoms with van der Waals surface area (Å²) in [6.45, 7) is 2.64. The van der Waals surface area contributed by atoms with Gasteiger partial charge >= 0.3 is 0 Å². The Hall–Kier alpha value is -1.39. The van der Waals surface area contributed by atoms with Crippen molar-refractivity contribution in [2.75, 3.05) is 6.54 Å². The number of nitrogens with one attached hydrogen (secondary N) is 1. The van der Waals surface area contributed by atoms with Crippen LogP contribution in [-0.2, 0) is 11.2 Å². The molecule has 1 amide bonds. The molecule has 3 nitrogen and oxygen atoms in total. The molecule has 1 aromatic carbocycles. The Morgan fingerprint density at radius 3 is 2.80 bits per heavy atom. The van der Waals surface area contributed by atoms with Gasteiger partial charge in [-0.2, -0.15) is 0 Å². The molecular weight excluding hydrogens is 292 g/mol. The van der Waals surface area contributed by atoms with Gasteiger partial charge in [0.1, 0.15) is 5.01 Å². The van der Waals surface area contributed by atoms with Crippen LogP contribution in [0.25, 0.3) is 10.6 Å². The molecule has 0 unspecified atom stereocenters. The molecule has 2 rings (SSSR count). The number of nitrogens with zero attached hydrogens (tertiary/aromatic N) is 1. The highest BCUT2D eigenvalue weighted by molar-refractivity contribution is 7.13. The third-order valence-corrected chi connectivity index (χ3v) is 4.02. The molecule has 0 saturated carbocycles. The molecule has 0 aliphatic heterocycles. The van der Waals surface area contributed by atoms with Crippen LogP contribution in [0.2, 0.25) is 5.02 Å². The van der Waals surface area contributed by atoms with Gasteiger partial charge in [-0.3, -0.25) is 4.79 Å². The Balaban J connectivity index is 1.89. The van der Waals surface area contributed by atoms with Crippen molar-refractivity contribution in [1.29, 1.82) is 0 Å². The van der Waals surface area contributed by atoms with Gasteiger partial charge in [0.25, 0.3) is 0 Å². The number of carbonyl (C=O) groups excluding carboxylic acids is 1. The Bertz CT molecular complexity index is 566. The minimum absolute atomic E-state index is 0.112. The zero-order chi connectivity index (χ0) is 14.4. The summed E-state index contributed by atoms with van der Waals surface area (Å²) in [4.78, 5) is 15.9. The first-order valence-electron chi connectivity index (χ1n) is 6.66. The van der Waals surface area contributed by atoms with E-state index in [-0.39, 0.29) is 5.91 Å². The standard InChI is InChI=1S/C15H17ClN2OS/c1-2-3-14(19)17-9-8-13-10-20-15(18-13)11-4-6-12(16)7-5-11/h4-7,10H,2-3,8-9H2,1H3,(H,17,19). The van der Waals surface area contributed by atoms with E-state index in [0.29, 0.717) is 13.0 Å². The van der Waals surface area contributed by atoms with Crippen LogP contribution in [0.15, 0.2) is 29.6 Å². The molecule has 1 N–H and O–H groups in total. The number of thiazole rings is 1. The zero-order valence-corrected chi connectivity index (χ0v) is 12.9. The van der Waals surface area contributed by atoms with Crippen LogP contribution < -0.4 is 5.32 Å². The van der Waals surface area contributed by atoms with E-state index in [1.165, 1.54) is 0 Å². The monoisotopic (exact) mass is 308 g/mol. The van der Waals surface area contributed by atoms with E-state index in [2.05, 4.69) is 10.3 Å². The fourth-order valence-electron chi connectivity index (χ4n) is 1.79. The first kappa shape index (κ1) is 15.0. The van der Waals surface area contributed by atoms with Gasteiger partial charge in [0.2, 0.25) is 5.91 Å². The average molecular weight is 309 g/mol. The van der Waals surface area contributed by atoms with Crippen molar-refractivity contribution < 1.29 is 4.79 Å². The van der Waals surface area contributed by atoms with Crippen molar-refractivity contribution in [1.82, 2.24) is 10.3 Å². The Morgan fingerprint density at radius 2 is 2.10 bits per heavy atom. The average Bonchev–Trinajstić information content (AvgIpc) is 2.89. The van der Waals surface area contributed by atoms with Gasteiger partial charge in [-0.1, -0.05) is 30.7 Å². The minimum atomic E-state index is 0.112. The fourth-order valence-corrected chi connectivity index (χ4v) is 2.78. The highest BCUT2D eigenvalue weighted by atomic mass is 35.5. The van der Waals surface area contributed by atoms with Gasteiger partial charge in [0, 0.05) is 35.4 Å². The Kier molecular flexibility index (Phi) is 5.56.